The van der Waals surface area contributed by atoms with Crippen LogP contribution in [-0.4, -0.2) is 25.5 Å². The lowest BCUT2D eigenvalue weighted by molar-refractivity contribution is -0.143. The van der Waals surface area contributed by atoms with Crippen molar-refractivity contribution in [2.45, 2.75) is 57.6 Å². The Morgan fingerprint density at radius 2 is 1.48 bits per heavy atom. The third-order valence-electron chi connectivity index (χ3n) is 5.74. The number of hydrogen-bond acceptors (Lipinski definition) is 2. The zero-order valence-electron chi connectivity index (χ0n) is 16.5. The standard InChI is InChI=1S/C23H30O3Si/c1-23(2,3)27(20-13-6-4-7-14-20,21-15-8-5-9-16-21)26-19-12-10-11-18(17-19)22(24)25/h4-9,13-16,18-19H,10-12,17H2,1-3H3,(H,24,25)/t18-,19+/m1/s1. The van der Waals surface area contributed by atoms with E-state index in [9.17, 15) is 9.90 Å². The van der Waals surface area contributed by atoms with Crippen LogP contribution in [0.25, 0.3) is 0 Å². The van der Waals surface area contributed by atoms with Crippen LogP contribution < -0.4 is 10.4 Å². The van der Waals surface area contributed by atoms with Gasteiger partial charge < -0.3 is 9.53 Å². The molecule has 0 radical (unpaired) electrons. The van der Waals surface area contributed by atoms with Gasteiger partial charge in [-0.05, 0) is 34.7 Å². The SMILES string of the molecule is CC(C)(C)[Si](O[C@H]1CCC[C@@H](C(=O)O)C1)(c1ccccc1)c1ccccc1. The van der Waals surface area contributed by atoms with Crippen molar-refractivity contribution in [3.05, 3.63) is 60.7 Å². The minimum Gasteiger partial charge on any atom is -0.481 e. The second-order valence-electron chi connectivity index (χ2n) is 8.60. The first-order valence-corrected chi connectivity index (χ1v) is 11.8. The molecule has 3 nitrogen and oxygen atoms in total. The van der Waals surface area contributed by atoms with Gasteiger partial charge in [-0.25, -0.2) is 0 Å². The Morgan fingerprint density at radius 3 is 1.93 bits per heavy atom. The Labute approximate surface area is 163 Å². The molecule has 1 saturated carbocycles. The van der Waals surface area contributed by atoms with E-state index in [0.717, 1.165) is 19.3 Å². The molecular formula is C23H30O3Si. The van der Waals surface area contributed by atoms with Gasteiger partial charge in [-0.1, -0.05) is 87.9 Å². The minimum atomic E-state index is -2.59. The molecule has 27 heavy (non-hydrogen) atoms. The van der Waals surface area contributed by atoms with Gasteiger partial charge in [-0.3, -0.25) is 4.79 Å². The Kier molecular flexibility index (Phi) is 5.87. The van der Waals surface area contributed by atoms with E-state index in [4.69, 9.17) is 4.43 Å². The topological polar surface area (TPSA) is 46.5 Å². The van der Waals surface area contributed by atoms with E-state index in [1.165, 1.54) is 10.4 Å². The van der Waals surface area contributed by atoms with Gasteiger partial charge in [0.1, 0.15) is 0 Å². The molecule has 1 fully saturated rings. The first-order chi connectivity index (χ1) is 12.8. The summed E-state index contributed by atoms with van der Waals surface area (Å²) in [5.74, 6) is -0.979. The highest BCUT2D eigenvalue weighted by Gasteiger charge is 2.51. The number of carboxylic acid groups (broad SMARTS) is 1. The highest BCUT2D eigenvalue weighted by molar-refractivity contribution is 6.99. The molecule has 144 valence electrons. The minimum absolute atomic E-state index is 0.00819. The lowest BCUT2D eigenvalue weighted by Crippen LogP contribution is -2.68. The van der Waals surface area contributed by atoms with Crippen LogP contribution in [0, 0.1) is 5.92 Å². The fraction of sp³-hybridized carbons (Fsp3) is 0.435. The summed E-state index contributed by atoms with van der Waals surface area (Å²) in [5, 5.41) is 11.9. The summed E-state index contributed by atoms with van der Waals surface area (Å²) in [4.78, 5) is 11.6. The quantitative estimate of drug-likeness (QED) is 0.788. The molecule has 1 N–H and O–H groups in total. The van der Waals surface area contributed by atoms with Crippen molar-refractivity contribution in [3.63, 3.8) is 0 Å². The summed E-state index contributed by atoms with van der Waals surface area (Å²) < 4.78 is 7.07. The fourth-order valence-corrected chi connectivity index (χ4v) is 9.15. The molecule has 2 aromatic rings. The number of aliphatic carboxylic acids is 1. The molecule has 0 aromatic heterocycles. The fourth-order valence-electron chi connectivity index (χ4n) is 4.42. The molecule has 0 bridgehead atoms. The Balaban J connectivity index is 2.08. The first kappa shape index (κ1) is 19.8. The van der Waals surface area contributed by atoms with Gasteiger partial charge in [0.15, 0.2) is 0 Å². The van der Waals surface area contributed by atoms with Gasteiger partial charge in [0.25, 0.3) is 8.32 Å². The molecule has 0 saturated heterocycles. The van der Waals surface area contributed by atoms with Gasteiger partial charge in [0.2, 0.25) is 0 Å². The molecule has 4 heteroatoms. The van der Waals surface area contributed by atoms with Crippen molar-refractivity contribution >= 4 is 24.7 Å². The molecule has 0 spiro atoms. The molecular weight excluding hydrogens is 352 g/mol. The van der Waals surface area contributed by atoms with Crippen molar-refractivity contribution in [2.75, 3.05) is 0 Å². The van der Waals surface area contributed by atoms with Crippen LogP contribution in [0.2, 0.25) is 5.04 Å². The van der Waals surface area contributed by atoms with Crippen LogP contribution in [0.5, 0.6) is 0 Å². The largest absolute Gasteiger partial charge is 0.481 e. The lowest BCUT2D eigenvalue weighted by Gasteiger charge is -2.46. The smallest absolute Gasteiger partial charge is 0.306 e. The number of carbonyl (C=O) groups is 1. The van der Waals surface area contributed by atoms with Crippen LogP contribution in [0.1, 0.15) is 46.5 Å². The summed E-state index contributed by atoms with van der Waals surface area (Å²) in [7, 11) is -2.59. The normalized spacial score (nSPS) is 21.0. The summed E-state index contributed by atoms with van der Waals surface area (Å²) in [5.41, 5.74) is 0. The van der Waals surface area contributed by atoms with Crippen molar-refractivity contribution in [1.82, 2.24) is 0 Å². The van der Waals surface area contributed by atoms with Crippen LogP contribution in [0.15, 0.2) is 60.7 Å². The zero-order valence-corrected chi connectivity index (χ0v) is 17.5. The lowest BCUT2D eigenvalue weighted by atomic mass is 9.87. The van der Waals surface area contributed by atoms with E-state index >= 15 is 0 Å². The maximum absolute atomic E-state index is 11.6. The van der Waals surface area contributed by atoms with Crippen LogP contribution >= 0.6 is 0 Å². The first-order valence-electron chi connectivity index (χ1n) is 9.86. The monoisotopic (exact) mass is 382 g/mol. The Morgan fingerprint density at radius 1 is 0.963 bits per heavy atom. The number of carboxylic acids is 1. The molecule has 0 aliphatic heterocycles. The molecule has 2 aromatic carbocycles. The Bertz CT molecular complexity index is 713. The van der Waals surface area contributed by atoms with E-state index in [1.54, 1.807) is 0 Å². The van der Waals surface area contributed by atoms with E-state index in [0.29, 0.717) is 6.42 Å². The molecule has 1 aliphatic carbocycles. The zero-order chi connectivity index (χ0) is 19.5. The van der Waals surface area contributed by atoms with Gasteiger partial charge in [0, 0.05) is 6.10 Å². The van der Waals surface area contributed by atoms with Gasteiger partial charge in [0.05, 0.1) is 5.92 Å². The molecule has 3 rings (SSSR count). The third-order valence-corrected chi connectivity index (χ3v) is 10.8. The summed E-state index contributed by atoms with van der Waals surface area (Å²) >= 11 is 0. The maximum atomic E-state index is 11.6. The third kappa shape index (κ3) is 4.02. The highest BCUT2D eigenvalue weighted by atomic mass is 28.4. The molecule has 0 heterocycles. The number of rotatable bonds is 5. The van der Waals surface area contributed by atoms with Gasteiger partial charge in [-0.2, -0.15) is 0 Å². The van der Waals surface area contributed by atoms with Crippen LogP contribution in [-0.2, 0) is 9.22 Å². The van der Waals surface area contributed by atoms with Crippen molar-refractivity contribution in [2.24, 2.45) is 5.92 Å². The average Bonchev–Trinajstić information content (AvgIpc) is 2.66. The summed E-state index contributed by atoms with van der Waals surface area (Å²) in [6, 6.07) is 21.1. The second kappa shape index (κ2) is 7.99. The molecule has 0 unspecified atom stereocenters. The van der Waals surface area contributed by atoms with Crippen molar-refractivity contribution in [1.29, 1.82) is 0 Å². The predicted octanol–water partition coefficient (Wildman–Crippen LogP) is 4.21. The summed E-state index contributed by atoms with van der Waals surface area (Å²) in [6.45, 7) is 6.78. The number of benzene rings is 2. The second-order valence-corrected chi connectivity index (χ2v) is 12.9. The predicted molar refractivity (Wildman–Crippen MR) is 112 cm³/mol. The van der Waals surface area contributed by atoms with E-state index < -0.39 is 14.3 Å². The average molecular weight is 383 g/mol. The van der Waals surface area contributed by atoms with Crippen LogP contribution in [0.4, 0.5) is 0 Å². The van der Waals surface area contributed by atoms with Gasteiger partial charge in [-0.15, -0.1) is 0 Å². The van der Waals surface area contributed by atoms with Crippen molar-refractivity contribution in [3.8, 4) is 0 Å². The van der Waals surface area contributed by atoms with E-state index in [2.05, 4.69) is 69.3 Å². The number of hydrogen-bond donors (Lipinski definition) is 1. The van der Waals surface area contributed by atoms with E-state index in [-0.39, 0.29) is 17.1 Å². The van der Waals surface area contributed by atoms with E-state index in [1.807, 2.05) is 12.1 Å². The van der Waals surface area contributed by atoms with Crippen molar-refractivity contribution < 1.29 is 14.3 Å². The molecule has 0 amide bonds. The summed E-state index contributed by atoms with van der Waals surface area (Å²) in [6.07, 6.45) is 3.22. The molecule has 1 aliphatic rings. The van der Waals surface area contributed by atoms with Gasteiger partial charge >= 0.3 is 5.97 Å². The van der Waals surface area contributed by atoms with Crippen LogP contribution in [0.3, 0.4) is 0 Å². The highest BCUT2D eigenvalue weighted by Crippen LogP contribution is 2.39. The Hall–Kier alpha value is -1.91. The maximum Gasteiger partial charge on any atom is 0.306 e. The molecule has 2 atom stereocenters.